The Bertz CT molecular complexity index is 1180. The van der Waals surface area contributed by atoms with Gasteiger partial charge in [0.25, 0.3) is 5.91 Å². The lowest BCUT2D eigenvalue weighted by Crippen LogP contribution is -2.36. The number of nitrogens with one attached hydrogen (secondary N) is 4. The Hall–Kier alpha value is -3.58. The summed E-state index contributed by atoms with van der Waals surface area (Å²) in [5.74, 6) is 0.399. The highest BCUT2D eigenvalue weighted by molar-refractivity contribution is 6.04. The molecule has 1 aliphatic rings. The van der Waals surface area contributed by atoms with Crippen LogP contribution < -0.4 is 10.6 Å². The molecule has 2 aromatic heterocycles. The second-order valence-electron chi connectivity index (χ2n) is 8.17. The first-order valence-corrected chi connectivity index (χ1v) is 10.6. The number of amides is 1. The number of H-pyrrole nitrogens is 2. The van der Waals surface area contributed by atoms with Crippen LogP contribution in [0.15, 0.2) is 60.8 Å². The Kier molecular flexibility index (Phi) is 5.18. The van der Waals surface area contributed by atoms with Gasteiger partial charge in [0.05, 0.1) is 11.2 Å². The van der Waals surface area contributed by atoms with E-state index in [-0.39, 0.29) is 5.91 Å². The molecule has 7 heteroatoms. The molecule has 3 heterocycles. The van der Waals surface area contributed by atoms with Crippen LogP contribution in [0.2, 0.25) is 0 Å². The van der Waals surface area contributed by atoms with E-state index in [4.69, 9.17) is 0 Å². The number of aromatic nitrogens is 3. The predicted octanol–water partition coefficient (Wildman–Crippen LogP) is 4.32. The van der Waals surface area contributed by atoms with Crippen LogP contribution in [0.5, 0.6) is 0 Å². The molecule has 0 atom stereocenters. The molecule has 1 fully saturated rings. The molecule has 1 aliphatic heterocycles. The summed E-state index contributed by atoms with van der Waals surface area (Å²) in [7, 11) is 2.16. The standard InChI is InChI=1S/C24H26N6O/c1-30-13-10-19(11-14-30)26-18-7-5-17(6-8-18)24(31)27-22-15-21(28-29-22)20-4-2-3-16-9-12-25-23(16)20/h2-9,12,15,19,25-26H,10-11,13-14H2,1H3,(H2,27,28,29,31). The van der Waals surface area contributed by atoms with Gasteiger partial charge in [-0.3, -0.25) is 9.89 Å². The molecule has 31 heavy (non-hydrogen) atoms. The molecular formula is C24H26N6O. The van der Waals surface area contributed by atoms with Gasteiger partial charge in [-0.15, -0.1) is 0 Å². The van der Waals surface area contributed by atoms with Gasteiger partial charge >= 0.3 is 0 Å². The number of anilines is 2. The summed E-state index contributed by atoms with van der Waals surface area (Å²) < 4.78 is 0. The smallest absolute Gasteiger partial charge is 0.256 e. The van der Waals surface area contributed by atoms with E-state index >= 15 is 0 Å². The molecule has 2 aromatic carbocycles. The average Bonchev–Trinajstić information content (AvgIpc) is 3.45. The van der Waals surface area contributed by atoms with Crippen LogP contribution in [0.25, 0.3) is 22.2 Å². The van der Waals surface area contributed by atoms with Crippen molar-refractivity contribution in [2.75, 3.05) is 30.8 Å². The van der Waals surface area contributed by atoms with Crippen molar-refractivity contribution >= 4 is 28.3 Å². The van der Waals surface area contributed by atoms with Gasteiger partial charge in [0, 0.05) is 40.5 Å². The Morgan fingerprint density at radius 1 is 1.10 bits per heavy atom. The highest BCUT2D eigenvalue weighted by Crippen LogP contribution is 2.27. The molecular weight excluding hydrogens is 388 g/mol. The van der Waals surface area contributed by atoms with Crippen LogP contribution in [-0.2, 0) is 0 Å². The van der Waals surface area contributed by atoms with Gasteiger partial charge in [0.15, 0.2) is 0 Å². The van der Waals surface area contributed by atoms with E-state index in [2.05, 4.69) is 43.8 Å². The maximum atomic E-state index is 12.7. The van der Waals surface area contributed by atoms with E-state index in [9.17, 15) is 4.79 Å². The van der Waals surface area contributed by atoms with Crippen LogP contribution in [0.3, 0.4) is 0 Å². The number of rotatable bonds is 5. The van der Waals surface area contributed by atoms with Gasteiger partial charge in [0.2, 0.25) is 0 Å². The lowest BCUT2D eigenvalue weighted by molar-refractivity contribution is 0.102. The quantitative estimate of drug-likeness (QED) is 0.392. The van der Waals surface area contributed by atoms with Crippen molar-refractivity contribution in [2.24, 2.45) is 0 Å². The van der Waals surface area contributed by atoms with Gasteiger partial charge in [-0.25, -0.2) is 0 Å². The van der Waals surface area contributed by atoms with E-state index in [1.807, 2.05) is 54.7 Å². The van der Waals surface area contributed by atoms with Crippen LogP contribution >= 0.6 is 0 Å². The largest absolute Gasteiger partial charge is 0.382 e. The molecule has 1 amide bonds. The van der Waals surface area contributed by atoms with E-state index in [0.29, 0.717) is 17.4 Å². The molecule has 4 N–H and O–H groups in total. The monoisotopic (exact) mass is 414 g/mol. The maximum Gasteiger partial charge on any atom is 0.256 e. The molecule has 0 saturated carbocycles. The van der Waals surface area contributed by atoms with Gasteiger partial charge in [-0.05, 0) is 63.3 Å². The first-order chi connectivity index (χ1) is 15.2. The van der Waals surface area contributed by atoms with Crippen molar-refractivity contribution in [1.82, 2.24) is 20.1 Å². The number of aromatic amines is 2. The molecule has 0 bridgehead atoms. The minimum absolute atomic E-state index is 0.167. The van der Waals surface area contributed by atoms with Gasteiger partial charge in [-0.1, -0.05) is 18.2 Å². The summed E-state index contributed by atoms with van der Waals surface area (Å²) in [6.45, 7) is 2.23. The lowest BCUT2D eigenvalue weighted by Gasteiger charge is -2.30. The van der Waals surface area contributed by atoms with E-state index < -0.39 is 0 Å². The van der Waals surface area contributed by atoms with Gasteiger partial charge < -0.3 is 20.5 Å². The van der Waals surface area contributed by atoms with Crippen molar-refractivity contribution in [3.8, 4) is 11.3 Å². The first-order valence-electron chi connectivity index (χ1n) is 10.6. The molecule has 0 unspecified atom stereocenters. The van der Waals surface area contributed by atoms with Crippen molar-refractivity contribution in [2.45, 2.75) is 18.9 Å². The molecule has 158 valence electrons. The van der Waals surface area contributed by atoms with Crippen molar-refractivity contribution < 1.29 is 4.79 Å². The minimum atomic E-state index is -0.167. The number of fused-ring (bicyclic) bond motifs is 1. The Morgan fingerprint density at radius 3 is 2.71 bits per heavy atom. The zero-order valence-corrected chi connectivity index (χ0v) is 17.5. The fourth-order valence-corrected chi connectivity index (χ4v) is 4.12. The molecule has 4 aromatic rings. The van der Waals surface area contributed by atoms with Crippen molar-refractivity contribution in [3.05, 3.63) is 66.4 Å². The molecule has 7 nitrogen and oxygen atoms in total. The normalized spacial score (nSPS) is 15.3. The fraction of sp³-hybridized carbons (Fsp3) is 0.250. The number of hydrogen-bond donors (Lipinski definition) is 4. The van der Waals surface area contributed by atoms with Gasteiger partial charge in [-0.2, -0.15) is 5.10 Å². The average molecular weight is 415 g/mol. The van der Waals surface area contributed by atoms with E-state index in [1.165, 1.54) is 0 Å². The summed E-state index contributed by atoms with van der Waals surface area (Å²) in [6.07, 6.45) is 4.18. The summed E-state index contributed by atoms with van der Waals surface area (Å²) in [5, 5.41) is 14.9. The second-order valence-corrected chi connectivity index (χ2v) is 8.17. The molecule has 5 rings (SSSR count). The maximum absolute atomic E-state index is 12.7. The summed E-state index contributed by atoms with van der Waals surface area (Å²) in [5.41, 5.74) is 4.45. The van der Waals surface area contributed by atoms with Crippen LogP contribution in [-0.4, -0.2) is 52.2 Å². The number of benzene rings is 2. The zero-order chi connectivity index (χ0) is 21.2. The Morgan fingerprint density at radius 2 is 1.90 bits per heavy atom. The Labute approximate surface area is 180 Å². The minimum Gasteiger partial charge on any atom is -0.382 e. The third-order valence-electron chi connectivity index (χ3n) is 5.93. The van der Waals surface area contributed by atoms with Crippen LogP contribution in [0.4, 0.5) is 11.5 Å². The first kappa shape index (κ1) is 19.4. The fourth-order valence-electron chi connectivity index (χ4n) is 4.12. The lowest BCUT2D eigenvalue weighted by atomic mass is 10.0. The second kappa shape index (κ2) is 8.28. The predicted molar refractivity (Wildman–Crippen MR) is 124 cm³/mol. The summed E-state index contributed by atoms with van der Waals surface area (Å²) in [6, 6.07) is 18.1. The number of carbonyl (C=O) groups excluding carboxylic acids is 1. The number of likely N-dealkylation sites (tertiary alicyclic amines) is 1. The van der Waals surface area contributed by atoms with Crippen molar-refractivity contribution in [3.63, 3.8) is 0 Å². The molecule has 0 radical (unpaired) electrons. The number of carbonyl (C=O) groups is 1. The van der Waals surface area contributed by atoms with Crippen molar-refractivity contribution in [1.29, 1.82) is 0 Å². The number of nitrogens with zero attached hydrogens (tertiary/aromatic N) is 2. The van der Waals surface area contributed by atoms with E-state index in [0.717, 1.165) is 53.8 Å². The number of hydrogen-bond acceptors (Lipinski definition) is 4. The van der Waals surface area contributed by atoms with Crippen LogP contribution in [0.1, 0.15) is 23.2 Å². The topological polar surface area (TPSA) is 88.8 Å². The summed E-state index contributed by atoms with van der Waals surface area (Å²) >= 11 is 0. The molecule has 0 aliphatic carbocycles. The number of piperidine rings is 1. The SMILES string of the molecule is CN1CCC(Nc2ccc(C(=O)Nc3cc(-c4cccc5cc[nH]c45)n[nH]3)cc2)CC1. The Balaban J connectivity index is 1.24. The van der Waals surface area contributed by atoms with Crippen LogP contribution in [0, 0.1) is 0 Å². The third-order valence-corrected chi connectivity index (χ3v) is 5.93. The zero-order valence-electron chi connectivity index (χ0n) is 17.5. The molecule has 0 spiro atoms. The van der Waals surface area contributed by atoms with E-state index in [1.54, 1.807) is 0 Å². The number of para-hydroxylation sites is 1. The highest BCUT2D eigenvalue weighted by Gasteiger charge is 2.16. The van der Waals surface area contributed by atoms with Gasteiger partial charge in [0.1, 0.15) is 5.82 Å². The third kappa shape index (κ3) is 4.18. The highest BCUT2D eigenvalue weighted by atomic mass is 16.1. The summed E-state index contributed by atoms with van der Waals surface area (Å²) in [4.78, 5) is 18.3. The molecule has 1 saturated heterocycles.